The first-order chi connectivity index (χ1) is 10.1. The van der Waals surface area contributed by atoms with E-state index in [2.05, 4.69) is 4.98 Å². The van der Waals surface area contributed by atoms with E-state index in [0.717, 1.165) is 24.0 Å². The van der Waals surface area contributed by atoms with Crippen LogP contribution in [0.15, 0.2) is 36.5 Å². The first-order valence-electron chi connectivity index (χ1n) is 6.86. The van der Waals surface area contributed by atoms with Gasteiger partial charge in [-0.15, -0.1) is 12.4 Å². The van der Waals surface area contributed by atoms with Crippen molar-refractivity contribution in [3.8, 4) is 16.9 Å². The largest absolute Gasteiger partial charge is 0.491 e. The molecule has 1 aliphatic rings. The number of halogens is 3. The highest BCUT2D eigenvalue weighted by Crippen LogP contribution is 2.44. The maximum Gasteiger partial charge on any atom is 0.138 e. The molecule has 0 saturated heterocycles. The molecule has 3 rings (SSSR count). The molecule has 1 aromatic heterocycles. The summed E-state index contributed by atoms with van der Waals surface area (Å²) in [6.07, 6.45) is 3.90. The van der Waals surface area contributed by atoms with Crippen LogP contribution in [0.4, 0.5) is 0 Å². The third-order valence-electron chi connectivity index (χ3n) is 3.88. The predicted molar refractivity (Wildman–Crippen MR) is 93.2 cm³/mol. The summed E-state index contributed by atoms with van der Waals surface area (Å²) in [5.74, 6) is 0.703. The van der Waals surface area contributed by atoms with Crippen LogP contribution in [0.2, 0.25) is 10.2 Å². The summed E-state index contributed by atoms with van der Waals surface area (Å²) in [6, 6.07) is 9.41. The van der Waals surface area contributed by atoms with Crippen molar-refractivity contribution in [2.75, 3.05) is 13.2 Å². The van der Waals surface area contributed by atoms with E-state index in [-0.39, 0.29) is 17.8 Å². The lowest BCUT2D eigenvalue weighted by Crippen LogP contribution is -2.22. The Bertz CT molecular complexity index is 660. The van der Waals surface area contributed by atoms with Gasteiger partial charge in [0.25, 0.3) is 0 Å². The second-order valence-corrected chi connectivity index (χ2v) is 6.31. The minimum atomic E-state index is 0. The molecule has 0 amide bonds. The number of aromatic nitrogens is 1. The molecule has 1 aromatic carbocycles. The van der Waals surface area contributed by atoms with Crippen LogP contribution in [-0.2, 0) is 0 Å². The third-order valence-corrected chi connectivity index (χ3v) is 4.42. The average molecular weight is 360 g/mol. The monoisotopic (exact) mass is 358 g/mol. The summed E-state index contributed by atoms with van der Waals surface area (Å²) in [5.41, 5.74) is 7.66. The Kier molecular flexibility index (Phi) is 5.56. The Morgan fingerprint density at radius 2 is 2.00 bits per heavy atom. The Morgan fingerprint density at radius 3 is 2.64 bits per heavy atom. The lowest BCUT2D eigenvalue weighted by Gasteiger charge is -2.14. The van der Waals surface area contributed by atoms with Gasteiger partial charge in [0.05, 0.1) is 12.8 Å². The lowest BCUT2D eigenvalue weighted by molar-refractivity contribution is 0.238. The first kappa shape index (κ1) is 17.4. The molecule has 3 nitrogen and oxygen atoms in total. The van der Waals surface area contributed by atoms with Gasteiger partial charge in [-0.3, -0.25) is 0 Å². The lowest BCUT2D eigenvalue weighted by atomic mass is 10.1. The van der Waals surface area contributed by atoms with Crippen LogP contribution in [0.5, 0.6) is 5.75 Å². The molecule has 1 fully saturated rings. The van der Waals surface area contributed by atoms with Crippen LogP contribution in [-0.4, -0.2) is 18.1 Å². The maximum absolute atomic E-state index is 6.18. The summed E-state index contributed by atoms with van der Waals surface area (Å²) < 4.78 is 5.84. The molecule has 2 aromatic rings. The fourth-order valence-electron chi connectivity index (χ4n) is 2.19. The second kappa shape index (κ2) is 7.05. The van der Waals surface area contributed by atoms with Gasteiger partial charge in [-0.05, 0) is 36.6 Å². The van der Waals surface area contributed by atoms with Crippen LogP contribution in [0.25, 0.3) is 11.1 Å². The van der Waals surface area contributed by atoms with Crippen LogP contribution in [0.3, 0.4) is 0 Å². The van der Waals surface area contributed by atoms with Crippen LogP contribution in [0, 0.1) is 5.41 Å². The van der Waals surface area contributed by atoms with E-state index in [1.165, 1.54) is 0 Å². The molecule has 0 unspecified atom stereocenters. The van der Waals surface area contributed by atoms with E-state index < -0.39 is 0 Å². The molecule has 2 N–H and O–H groups in total. The standard InChI is InChI=1S/C16H16Cl2N2O.ClH/c17-12-3-1-2-11(6-12)14-7-13(8-20-15(14)18)21-10-16(9-19)4-5-16;/h1-3,6-8H,4-5,9-10,19H2;1H. The molecule has 0 spiro atoms. The minimum Gasteiger partial charge on any atom is -0.491 e. The van der Waals surface area contributed by atoms with Crippen molar-refractivity contribution in [2.45, 2.75) is 12.8 Å². The topological polar surface area (TPSA) is 48.1 Å². The van der Waals surface area contributed by atoms with Crippen molar-refractivity contribution in [1.82, 2.24) is 4.98 Å². The van der Waals surface area contributed by atoms with E-state index >= 15 is 0 Å². The first-order valence-corrected chi connectivity index (χ1v) is 7.62. The van der Waals surface area contributed by atoms with Gasteiger partial charge in [-0.2, -0.15) is 0 Å². The second-order valence-electron chi connectivity index (χ2n) is 5.51. The highest BCUT2D eigenvalue weighted by Gasteiger charge is 2.42. The molecule has 6 heteroatoms. The molecule has 0 radical (unpaired) electrons. The Morgan fingerprint density at radius 1 is 1.23 bits per heavy atom. The molecule has 0 atom stereocenters. The summed E-state index contributed by atoms with van der Waals surface area (Å²) in [6.45, 7) is 1.29. The Hall–Kier alpha value is -1.00. The number of benzene rings is 1. The normalized spacial score (nSPS) is 15.0. The summed E-state index contributed by atoms with van der Waals surface area (Å²) >= 11 is 12.2. The smallest absolute Gasteiger partial charge is 0.138 e. The number of nitrogens with two attached hydrogens (primary N) is 1. The van der Waals surface area contributed by atoms with Gasteiger partial charge in [0.15, 0.2) is 0 Å². The zero-order valence-corrected chi connectivity index (χ0v) is 14.2. The van der Waals surface area contributed by atoms with E-state index in [4.69, 9.17) is 33.7 Å². The number of pyridine rings is 1. The van der Waals surface area contributed by atoms with E-state index in [0.29, 0.717) is 29.1 Å². The zero-order chi connectivity index (χ0) is 14.9. The highest BCUT2D eigenvalue weighted by atomic mass is 35.5. The quantitative estimate of drug-likeness (QED) is 0.794. The maximum atomic E-state index is 6.18. The Labute approximate surface area is 146 Å². The third kappa shape index (κ3) is 3.85. The van der Waals surface area contributed by atoms with Gasteiger partial charge in [0, 0.05) is 22.5 Å². The minimum absolute atomic E-state index is 0. The van der Waals surface area contributed by atoms with E-state index in [9.17, 15) is 0 Å². The molecule has 22 heavy (non-hydrogen) atoms. The number of rotatable bonds is 5. The number of hydrogen-bond acceptors (Lipinski definition) is 3. The number of hydrogen-bond donors (Lipinski definition) is 1. The Balaban J connectivity index is 0.00000176. The molecular formula is C16H17Cl3N2O. The number of ether oxygens (including phenoxy) is 1. The van der Waals surface area contributed by atoms with Crippen LogP contribution in [0.1, 0.15) is 12.8 Å². The summed E-state index contributed by atoms with van der Waals surface area (Å²) in [5, 5.41) is 1.10. The van der Waals surface area contributed by atoms with Gasteiger partial charge < -0.3 is 10.5 Å². The van der Waals surface area contributed by atoms with Crippen molar-refractivity contribution < 1.29 is 4.74 Å². The molecule has 118 valence electrons. The van der Waals surface area contributed by atoms with Gasteiger partial charge >= 0.3 is 0 Å². The van der Waals surface area contributed by atoms with Crippen LogP contribution >= 0.6 is 35.6 Å². The fraction of sp³-hybridized carbons (Fsp3) is 0.312. The zero-order valence-electron chi connectivity index (χ0n) is 11.9. The molecule has 0 aliphatic heterocycles. The van der Waals surface area contributed by atoms with Crippen LogP contribution < -0.4 is 10.5 Å². The van der Waals surface area contributed by atoms with Gasteiger partial charge in [0.1, 0.15) is 10.9 Å². The van der Waals surface area contributed by atoms with E-state index in [1.807, 2.05) is 30.3 Å². The van der Waals surface area contributed by atoms with E-state index in [1.54, 1.807) is 6.20 Å². The molecule has 0 bridgehead atoms. The molecule has 1 heterocycles. The van der Waals surface area contributed by atoms with Crippen molar-refractivity contribution in [1.29, 1.82) is 0 Å². The van der Waals surface area contributed by atoms with Gasteiger partial charge in [-0.25, -0.2) is 4.98 Å². The summed E-state index contributed by atoms with van der Waals surface area (Å²) in [4.78, 5) is 4.20. The molecule has 1 aliphatic carbocycles. The van der Waals surface area contributed by atoms with Crippen molar-refractivity contribution in [3.05, 3.63) is 46.7 Å². The van der Waals surface area contributed by atoms with Gasteiger partial charge in [-0.1, -0.05) is 35.3 Å². The molecular weight excluding hydrogens is 343 g/mol. The molecule has 1 saturated carbocycles. The average Bonchev–Trinajstić information content (AvgIpc) is 3.27. The highest BCUT2D eigenvalue weighted by molar-refractivity contribution is 6.32. The fourth-order valence-corrected chi connectivity index (χ4v) is 2.59. The van der Waals surface area contributed by atoms with Crippen molar-refractivity contribution in [2.24, 2.45) is 11.1 Å². The van der Waals surface area contributed by atoms with Gasteiger partial charge in [0.2, 0.25) is 0 Å². The SMILES string of the molecule is Cl.NCC1(COc2cnc(Cl)c(-c3cccc(Cl)c3)c2)CC1. The number of nitrogens with zero attached hydrogens (tertiary/aromatic N) is 1. The summed E-state index contributed by atoms with van der Waals surface area (Å²) in [7, 11) is 0. The predicted octanol–water partition coefficient (Wildman–Crippen LogP) is 4.59. The van der Waals surface area contributed by atoms with Crippen molar-refractivity contribution >= 4 is 35.6 Å². The van der Waals surface area contributed by atoms with Crippen molar-refractivity contribution in [3.63, 3.8) is 0 Å².